The van der Waals surface area contributed by atoms with E-state index in [2.05, 4.69) is 20.7 Å². The summed E-state index contributed by atoms with van der Waals surface area (Å²) in [5.74, 6) is -0.555. The van der Waals surface area contributed by atoms with E-state index in [4.69, 9.17) is 11.6 Å². The summed E-state index contributed by atoms with van der Waals surface area (Å²) in [5, 5.41) is -0.0194. The van der Waals surface area contributed by atoms with Gasteiger partial charge in [0.05, 0.1) is 15.6 Å². The van der Waals surface area contributed by atoms with E-state index in [9.17, 15) is 12.8 Å². The molecule has 1 N–H and O–H groups in total. The van der Waals surface area contributed by atoms with Gasteiger partial charge in [-0.05, 0) is 46.6 Å². The monoisotopic (exact) mass is 377 g/mol. The Hall–Kier alpha value is -1.11. The Kier molecular flexibility index (Phi) is 4.36. The van der Waals surface area contributed by atoms with Crippen LogP contribution in [0.25, 0.3) is 0 Å². The number of rotatable bonds is 3. The van der Waals surface area contributed by atoms with Crippen molar-refractivity contribution in [2.24, 2.45) is 0 Å². The van der Waals surface area contributed by atoms with E-state index in [1.165, 1.54) is 6.07 Å². The summed E-state index contributed by atoms with van der Waals surface area (Å²) in [6.07, 6.45) is 0. The first kappa shape index (κ1) is 15.3. The maximum absolute atomic E-state index is 13.1. The molecule has 2 aromatic rings. The predicted octanol–water partition coefficient (Wildman–Crippen LogP) is 4.35. The minimum Gasteiger partial charge on any atom is -0.277 e. The minimum atomic E-state index is -3.79. The smallest absolute Gasteiger partial charge is 0.262 e. The largest absolute Gasteiger partial charge is 0.277 e. The van der Waals surface area contributed by atoms with Crippen LogP contribution in [0.3, 0.4) is 0 Å². The summed E-state index contributed by atoms with van der Waals surface area (Å²) in [6, 6.07) is 8.74. The van der Waals surface area contributed by atoms with Crippen LogP contribution in [-0.2, 0) is 10.0 Å². The minimum absolute atomic E-state index is 0.0194. The summed E-state index contributed by atoms with van der Waals surface area (Å²) in [5.41, 5.74) is 0.714. The third kappa shape index (κ3) is 3.13. The van der Waals surface area contributed by atoms with Crippen molar-refractivity contribution in [2.45, 2.75) is 11.8 Å². The number of sulfonamides is 1. The fourth-order valence-corrected chi connectivity index (χ4v) is 4.12. The van der Waals surface area contributed by atoms with E-state index >= 15 is 0 Å². The molecule has 0 spiro atoms. The van der Waals surface area contributed by atoms with Gasteiger partial charge in [0, 0.05) is 4.47 Å². The molecule has 2 aromatic carbocycles. The van der Waals surface area contributed by atoms with Crippen molar-refractivity contribution >= 4 is 43.2 Å². The summed E-state index contributed by atoms with van der Waals surface area (Å²) < 4.78 is 40.4. The summed E-state index contributed by atoms with van der Waals surface area (Å²) in [4.78, 5) is 0.146. The molecule has 0 aromatic heterocycles. The quantitative estimate of drug-likeness (QED) is 0.863. The molecule has 0 saturated heterocycles. The Morgan fingerprint density at radius 2 is 1.90 bits per heavy atom. The molecule has 0 saturated carbocycles. The van der Waals surface area contributed by atoms with Crippen molar-refractivity contribution in [3.63, 3.8) is 0 Å². The molecule has 20 heavy (non-hydrogen) atoms. The zero-order chi connectivity index (χ0) is 14.9. The van der Waals surface area contributed by atoms with Crippen LogP contribution in [-0.4, -0.2) is 8.42 Å². The summed E-state index contributed by atoms with van der Waals surface area (Å²) in [7, 11) is -3.79. The van der Waals surface area contributed by atoms with Crippen LogP contribution in [0.2, 0.25) is 5.02 Å². The third-order valence-corrected chi connectivity index (χ3v) is 5.06. The standard InChI is InChI=1S/C13H10BrClFNO2S/c1-8-4-2-3-5-12(8)20(18,19)17-13-10(14)6-9(16)7-11(13)15/h2-7,17H,1H3. The molecule has 0 atom stereocenters. The van der Waals surface area contributed by atoms with Gasteiger partial charge in [-0.25, -0.2) is 12.8 Å². The Morgan fingerprint density at radius 3 is 2.50 bits per heavy atom. The lowest BCUT2D eigenvalue weighted by Crippen LogP contribution is -2.15. The lowest BCUT2D eigenvalue weighted by Gasteiger charge is -2.13. The van der Waals surface area contributed by atoms with Crippen molar-refractivity contribution in [2.75, 3.05) is 4.72 Å². The van der Waals surface area contributed by atoms with Crippen LogP contribution >= 0.6 is 27.5 Å². The number of nitrogens with one attached hydrogen (secondary N) is 1. The van der Waals surface area contributed by atoms with Crippen LogP contribution in [0.1, 0.15) is 5.56 Å². The Morgan fingerprint density at radius 1 is 1.25 bits per heavy atom. The molecule has 0 aliphatic rings. The molecule has 0 fully saturated rings. The van der Waals surface area contributed by atoms with Gasteiger partial charge in [-0.2, -0.15) is 0 Å². The average molecular weight is 379 g/mol. The highest BCUT2D eigenvalue weighted by Gasteiger charge is 2.19. The molecule has 0 unspecified atom stereocenters. The lowest BCUT2D eigenvalue weighted by atomic mass is 10.2. The first-order chi connectivity index (χ1) is 9.31. The van der Waals surface area contributed by atoms with Crippen LogP contribution < -0.4 is 4.72 Å². The molecular formula is C13H10BrClFNO2S. The molecule has 106 valence electrons. The number of hydrogen-bond acceptors (Lipinski definition) is 2. The van der Waals surface area contributed by atoms with E-state index in [-0.39, 0.29) is 20.1 Å². The Bertz CT molecular complexity index is 742. The van der Waals surface area contributed by atoms with Crippen LogP contribution in [0, 0.1) is 12.7 Å². The highest BCUT2D eigenvalue weighted by molar-refractivity contribution is 9.10. The van der Waals surface area contributed by atoms with Crippen LogP contribution in [0.4, 0.5) is 10.1 Å². The highest BCUT2D eigenvalue weighted by Crippen LogP contribution is 2.33. The SMILES string of the molecule is Cc1ccccc1S(=O)(=O)Nc1c(Cl)cc(F)cc1Br. The van der Waals surface area contributed by atoms with Gasteiger partial charge >= 0.3 is 0 Å². The summed E-state index contributed by atoms with van der Waals surface area (Å²) in [6.45, 7) is 1.69. The maximum Gasteiger partial charge on any atom is 0.262 e. The number of halogens is 3. The molecule has 0 heterocycles. The number of anilines is 1. The molecular weight excluding hydrogens is 369 g/mol. The van der Waals surface area contributed by atoms with Gasteiger partial charge in [0.2, 0.25) is 0 Å². The van der Waals surface area contributed by atoms with Crippen molar-refractivity contribution < 1.29 is 12.8 Å². The molecule has 0 radical (unpaired) electrons. The maximum atomic E-state index is 13.1. The van der Waals surface area contributed by atoms with Gasteiger partial charge in [0.25, 0.3) is 10.0 Å². The number of aryl methyl sites for hydroxylation is 1. The van der Waals surface area contributed by atoms with E-state index in [0.29, 0.717) is 5.56 Å². The van der Waals surface area contributed by atoms with Gasteiger partial charge < -0.3 is 0 Å². The normalized spacial score (nSPS) is 11.4. The van der Waals surface area contributed by atoms with Crippen LogP contribution in [0.5, 0.6) is 0 Å². The van der Waals surface area contributed by atoms with Crippen molar-refractivity contribution in [1.82, 2.24) is 0 Å². The van der Waals surface area contributed by atoms with E-state index in [0.717, 1.165) is 12.1 Å². The molecule has 0 aliphatic carbocycles. The summed E-state index contributed by atoms with van der Waals surface area (Å²) >= 11 is 8.96. The van der Waals surface area contributed by atoms with Crippen molar-refractivity contribution in [1.29, 1.82) is 0 Å². The van der Waals surface area contributed by atoms with Crippen molar-refractivity contribution in [3.8, 4) is 0 Å². The van der Waals surface area contributed by atoms with Crippen LogP contribution in [0.15, 0.2) is 45.8 Å². The molecule has 0 bridgehead atoms. The Labute approximate surface area is 130 Å². The van der Waals surface area contributed by atoms with E-state index < -0.39 is 15.8 Å². The number of hydrogen-bond donors (Lipinski definition) is 1. The van der Waals surface area contributed by atoms with E-state index in [1.54, 1.807) is 25.1 Å². The fraction of sp³-hybridized carbons (Fsp3) is 0.0769. The van der Waals surface area contributed by atoms with Gasteiger partial charge in [-0.3, -0.25) is 4.72 Å². The first-order valence-electron chi connectivity index (χ1n) is 5.54. The molecule has 0 aliphatic heterocycles. The fourth-order valence-electron chi connectivity index (χ4n) is 1.69. The second-order valence-corrected chi connectivity index (χ2v) is 7.03. The van der Waals surface area contributed by atoms with E-state index in [1.807, 2.05) is 0 Å². The Balaban J connectivity index is 2.47. The average Bonchev–Trinajstić information content (AvgIpc) is 2.34. The second-order valence-electron chi connectivity index (χ2n) is 4.12. The molecule has 2 rings (SSSR count). The zero-order valence-electron chi connectivity index (χ0n) is 10.3. The van der Waals surface area contributed by atoms with Gasteiger partial charge in [0.1, 0.15) is 5.82 Å². The second kappa shape index (κ2) is 5.71. The third-order valence-electron chi connectivity index (χ3n) is 2.63. The lowest BCUT2D eigenvalue weighted by molar-refractivity contribution is 0.600. The first-order valence-corrected chi connectivity index (χ1v) is 8.19. The van der Waals surface area contributed by atoms with Crippen molar-refractivity contribution in [3.05, 3.63) is 57.3 Å². The van der Waals surface area contributed by atoms with Gasteiger partial charge in [0.15, 0.2) is 0 Å². The molecule has 3 nitrogen and oxygen atoms in total. The zero-order valence-corrected chi connectivity index (χ0v) is 13.5. The highest BCUT2D eigenvalue weighted by atomic mass is 79.9. The predicted molar refractivity (Wildman–Crippen MR) is 81.1 cm³/mol. The topological polar surface area (TPSA) is 46.2 Å². The van der Waals surface area contributed by atoms with Gasteiger partial charge in [-0.15, -0.1) is 0 Å². The molecule has 7 heteroatoms. The van der Waals surface area contributed by atoms with Gasteiger partial charge in [-0.1, -0.05) is 29.8 Å². The number of benzene rings is 2. The molecule has 0 amide bonds.